The lowest BCUT2D eigenvalue weighted by molar-refractivity contribution is -0.151. The van der Waals surface area contributed by atoms with Crippen LogP contribution < -0.4 is 5.32 Å². The second kappa shape index (κ2) is 52.5. The van der Waals surface area contributed by atoms with E-state index >= 15 is 0 Å². The molecular formula is C59H107NO5. The topological polar surface area (TPSA) is 95.9 Å². The monoisotopic (exact) mass is 910 g/mol. The summed E-state index contributed by atoms with van der Waals surface area (Å²) in [6.07, 6.45) is 65.7. The Morgan fingerprint density at radius 1 is 0.462 bits per heavy atom. The largest absolute Gasteiger partial charge is 0.462 e. The number of allylic oxidation sites excluding steroid dienone is 10. The zero-order chi connectivity index (χ0) is 47.4. The van der Waals surface area contributed by atoms with E-state index in [9.17, 15) is 19.8 Å². The van der Waals surface area contributed by atoms with E-state index in [4.69, 9.17) is 4.74 Å². The number of ether oxygens (including phenoxy) is 1. The number of amides is 1. The summed E-state index contributed by atoms with van der Waals surface area (Å²) in [5.41, 5.74) is 0. The van der Waals surface area contributed by atoms with Crippen molar-refractivity contribution in [1.82, 2.24) is 5.32 Å². The number of carbonyl (C=O) groups excluding carboxylic acids is 2. The predicted octanol–water partition coefficient (Wildman–Crippen LogP) is 17.2. The molecule has 0 aromatic carbocycles. The second-order valence-electron chi connectivity index (χ2n) is 19.0. The van der Waals surface area contributed by atoms with Crippen LogP contribution in [-0.2, 0) is 14.3 Å². The van der Waals surface area contributed by atoms with Crippen LogP contribution >= 0.6 is 0 Å². The quantitative estimate of drug-likeness (QED) is 0.0321. The number of carbonyl (C=O) groups is 2. The van der Waals surface area contributed by atoms with Crippen molar-refractivity contribution >= 4 is 11.9 Å². The van der Waals surface area contributed by atoms with Crippen LogP contribution in [0.3, 0.4) is 0 Å². The number of aliphatic hydroxyl groups is 2. The fraction of sp³-hybridized carbons (Fsp3) is 0.797. The second-order valence-corrected chi connectivity index (χ2v) is 19.0. The molecule has 0 aromatic heterocycles. The van der Waals surface area contributed by atoms with Gasteiger partial charge in [0.05, 0.1) is 25.2 Å². The van der Waals surface area contributed by atoms with Crippen LogP contribution in [-0.4, -0.2) is 46.9 Å². The van der Waals surface area contributed by atoms with Gasteiger partial charge in [-0.15, -0.1) is 0 Å². The van der Waals surface area contributed by atoms with E-state index in [-0.39, 0.29) is 24.9 Å². The fourth-order valence-electron chi connectivity index (χ4n) is 8.41. The molecule has 6 nitrogen and oxygen atoms in total. The molecule has 0 heterocycles. The SMILES string of the molecule is CC/C=C\C/C=C\C/C=C\C/C=C\C/C=C\CCCC(=O)OC(CCCCCCCCCCCCCC)CC(=O)NC(CO)C(O)CCCCCCCCCCCCCCCCCCC. The van der Waals surface area contributed by atoms with Crippen molar-refractivity contribution in [3.63, 3.8) is 0 Å². The highest BCUT2D eigenvalue weighted by atomic mass is 16.5. The van der Waals surface area contributed by atoms with Crippen LogP contribution in [0.15, 0.2) is 60.8 Å². The van der Waals surface area contributed by atoms with E-state index in [1.807, 2.05) is 0 Å². The van der Waals surface area contributed by atoms with Crippen molar-refractivity contribution in [2.24, 2.45) is 0 Å². The molecule has 378 valence electrons. The Bertz CT molecular complexity index is 1160. The summed E-state index contributed by atoms with van der Waals surface area (Å²) in [5.74, 6) is -0.535. The van der Waals surface area contributed by atoms with Crippen LogP contribution in [0, 0.1) is 0 Å². The summed E-state index contributed by atoms with van der Waals surface area (Å²) >= 11 is 0. The van der Waals surface area contributed by atoms with Gasteiger partial charge in [-0.3, -0.25) is 9.59 Å². The van der Waals surface area contributed by atoms with Crippen molar-refractivity contribution in [3.8, 4) is 0 Å². The summed E-state index contributed by atoms with van der Waals surface area (Å²) in [6.45, 7) is 6.38. The average molecular weight is 911 g/mol. The molecular weight excluding hydrogens is 803 g/mol. The minimum atomic E-state index is -0.798. The molecule has 6 heteroatoms. The van der Waals surface area contributed by atoms with Crippen molar-refractivity contribution in [3.05, 3.63) is 60.8 Å². The molecule has 0 aliphatic heterocycles. The number of aliphatic hydroxyl groups excluding tert-OH is 2. The van der Waals surface area contributed by atoms with Gasteiger partial charge in [0.25, 0.3) is 0 Å². The molecule has 0 aromatic rings. The van der Waals surface area contributed by atoms with Gasteiger partial charge in [-0.25, -0.2) is 0 Å². The van der Waals surface area contributed by atoms with Gasteiger partial charge in [0, 0.05) is 6.42 Å². The third-order valence-corrected chi connectivity index (χ3v) is 12.6. The summed E-state index contributed by atoms with van der Waals surface area (Å²) < 4.78 is 5.92. The Morgan fingerprint density at radius 2 is 0.815 bits per heavy atom. The maximum atomic E-state index is 13.2. The molecule has 0 radical (unpaired) electrons. The van der Waals surface area contributed by atoms with Crippen molar-refractivity contribution < 1.29 is 24.5 Å². The van der Waals surface area contributed by atoms with Crippen molar-refractivity contribution in [1.29, 1.82) is 0 Å². The first-order valence-corrected chi connectivity index (χ1v) is 28.0. The first-order chi connectivity index (χ1) is 32.0. The molecule has 0 bridgehead atoms. The van der Waals surface area contributed by atoms with E-state index in [0.29, 0.717) is 25.7 Å². The van der Waals surface area contributed by atoms with Crippen molar-refractivity contribution in [2.45, 2.75) is 296 Å². The molecule has 3 N–H and O–H groups in total. The molecule has 3 atom stereocenters. The molecule has 0 saturated heterocycles. The van der Waals surface area contributed by atoms with E-state index in [1.165, 1.54) is 148 Å². The van der Waals surface area contributed by atoms with Gasteiger partial charge in [-0.05, 0) is 64.2 Å². The average Bonchev–Trinajstić information content (AvgIpc) is 3.30. The van der Waals surface area contributed by atoms with E-state index in [0.717, 1.165) is 77.0 Å². The number of unbranched alkanes of at least 4 members (excludes halogenated alkanes) is 28. The molecule has 0 aliphatic rings. The summed E-state index contributed by atoms with van der Waals surface area (Å²) in [5, 5.41) is 23.9. The molecule has 0 spiro atoms. The van der Waals surface area contributed by atoms with Crippen LogP contribution in [0.4, 0.5) is 0 Å². The van der Waals surface area contributed by atoms with Gasteiger partial charge in [0.15, 0.2) is 0 Å². The van der Waals surface area contributed by atoms with Crippen LogP contribution in [0.2, 0.25) is 0 Å². The van der Waals surface area contributed by atoms with Gasteiger partial charge in [-0.2, -0.15) is 0 Å². The van der Waals surface area contributed by atoms with E-state index < -0.39 is 18.2 Å². The highest BCUT2D eigenvalue weighted by Crippen LogP contribution is 2.18. The Kier molecular flexibility index (Phi) is 50.6. The standard InChI is InChI=1S/C59H107NO5/c1-4-7-10-13-16-19-22-25-27-29-31-33-36-39-42-45-48-51-57(62)56(54-61)60-58(63)53-55(50-47-44-41-38-35-24-21-18-15-12-9-6-3)65-59(64)52-49-46-43-40-37-34-32-30-28-26-23-20-17-14-11-8-5-2/h8,11,17,20,26,28,32,34,40,43,55-57,61-62H,4-7,9-10,12-16,18-19,21-25,27,29-31,33,35-39,41-42,44-54H2,1-3H3,(H,60,63)/b11-8-,20-17-,28-26-,34-32-,43-40-. The lowest BCUT2D eigenvalue weighted by Gasteiger charge is -2.24. The maximum absolute atomic E-state index is 13.2. The van der Waals surface area contributed by atoms with Crippen LogP contribution in [0.5, 0.6) is 0 Å². The first-order valence-electron chi connectivity index (χ1n) is 28.0. The minimum Gasteiger partial charge on any atom is -0.462 e. The van der Waals surface area contributed by atoms with Gasteiger partial charge in [-0.1, -0.05) is 261 Å². The number of hydrogen-bond donors (Lipinski definition) is 3. The number of esters is 1. The minimum absolute atomic E-state index is 0.0564. The number of rotatable bonds is 50. The highest BCUT2D eigenvalue weighted by molar-refractivity contribution is 5.77. The number of nitrogens with one attached hydrogen (secondary N) is 1. The van der Waals surface area contributed by atoms with Crippen LogP contribution in [0.1, 0.15) is 278 Å². The van der Waals surface area contributed by atoms with Gasteiger partial charge in [0.2, 0.25) is 5.91 Å². The fourth-order valence-corrected chi connectivity index (χ4v) is 8.41. The lowest BCUT2D eigenvalue weighted by Crippen LogP contribution is -2.46. The Labute approximate surface area is 403 Å². The Hall–Kier alpha value is -2.44. The normalized spacial score (nSPS) is 13.6. The lowest BCUT2D eigenvalue weighted by atomic mass is 10.0. The van der Waals surface area contributed by atoms with Crippen LogP contribution in [0.25, 0.3) is 0 Å². The summed E-state index contributed by atoms with van der Waals surface area (Å²) in [7, 11) is 0. The Morgan fingerprint density at radius 3 is 1.20 bits per heavy atom. The molecule has 3 unspecified atom stereocenters. The maximum Gasteiger partial charge on any atom is 0.306 e. The third kappa shape index (κ3) is 47.8. The summed E-state index contributed by atoms with van der Waals surface area (Å²) in [6, 6.07) is -0.713. The third-order valence-electron chi connectivity index (χ3n) is 12.6. The van der Waals surface area contributed by atoms with Gasteiger partial charge in [0.1, 0.15) is 6.10 Å². The van der Waals surface area contributed by atoms with E-state index in [2.05, 4.69) is 86.8 Å². The molecule has 0 fully saturated rings. The van der Waals surface area contributed by atoms with Gasteiger partial charge >= 0.3 is 5.97 Å². The highest BCUT2D eigenvalue weighted by Gasteiger charge is 2.24. The smallest absolute Gasteiger partial charge is 0.306 e. The molecule has 1 amide bonds. The predicted molar refractivity (Wildman–Crippen MR) is 282 cm³/mol. The van der Waals surface area contributed by atoms with E-state index in [1.54, 1.807) is 0 Å². The zero-order valence-corrected chi connectivity index (χ0v) is 43.1. The molecule has 0 saturated carbocycles. The zero-order valence-electron chi connectivity index (χ0n) is 43.1. The molecule has 0 rings (SSSR count). The van der Waals surface area contributed by atoms with Crippen molar-refractivity contribution in [2.75, 3.05) is 6.61 Å². The van der Waals surface area contributed by atoms with Gasteiger partial charge < -0.3 is 20.3 Å². The molecule has 65 heavy (non-hydrogen) atoms. The molecule has 0 aliphatic carbocycles. The first kappa shape index (κ1) is 62.6. The Balaban J connectivity index is 4.57. The summed E-state index contributed by atoms with van der Waals surface area (Å²) in [4.78, 5) is 26.2. The number of hydrogen-bond acceptors (Lipinski definition) is 5.